The first-order valence-corrected chi connectivity index (χ1v) is 6.42. The molecule has 0 aromatic heterocycles. The van der Waals surface area contributed by atoms with E-state index in [9.17, 15) is 4.79 Å². The highest BCUT2D eigenvalue weighted by molar-refractivity contribution is 5.72. The van der Waals surface area contributed by atoms with E-state index in [0.717, 1.165) is 12.8 Å². The summed E-state index contributed by atoms with van der Waals surface area (Å²) in [4.78, 5) is 11.8. The van der Waals surface area contributed by atoms with Gasteiger partial charge in [0.15, 0.2) is 0 Å². The van der Waals surface area contributed by atoms with Crippen LogP contribution in [0.2, 0.25) is 0 Å². The molecule has 0 aliphatic carbocycles. The van der Waals surface area contributed by atoms with Crippen molar-refractivity contribution in [3.63, 3.8) is 0 Å². The van der Waals surface area contributed by atoms with Gasteiger partial charge in [0.25, 0.3) is 0 Å². The van der Waals surface area contributed by atoms with Crippen molar-refractivity contribution in [1.82, 2.24) is 0 Å². The number of nitrogens with two attached hydrogens (primary N) is 1. The second kappa shape index (κ2) is 6.39. The molecule has 0 saturated heterocycles. The highest BCUT2D eigenvalue weighted by Gasteiger charge is 2.25. The minimum atomic E-state index is -0.171. The average Bonchev–Trinajstić information content (AvgIpc) is 2.10. The summed E-state index contributed by atoms with van der Waals surface area (Å²) in [5.41, 5.74) is 5.94. The van der Waals surface area contributed by atoms with Crippen LogP contribution in [0.4, 0.5) is 0 Å². The predicted molar refractivity (Wildman–Crippen MR) is 71.6 cm³/mol. The lowest BCUT2D eigenvalue weighted by molar-refractivity contribution is -0.149. The molecule has 3 heteroatoms. The molecular formula is C14H29NO2. The third-order valence-electron chi connectivity index (χ3n) is 2.57. The maximum absolute atomic E-state index is 11.8. The van der Waals surface area contributed by atoms with Gasteiger partial charge in [-0.1, -0.05) is 41.5 Å². The van der Waals surface area contributed by atoms with E-state index in [0.29, 0.717) is 13.2 Å². The van der Waals surface area contributed by atoms with Crippen LogP contribution in [0.15, 0.2) is 0 Å². The molecule has 2 N–H and O–H groups in total. The van der Waals surface area contributed by atoms with Crippen molar-refractivity contribution in [2.45, 2.75) is 54.4 Å². The molecule has 0 spiro atoms. The number of carbonyl (C=O) groups excluding carboxylic acids is 1. The van der Waals surface area contributed by atoms with E-state index in [1.54, 1.807) is 0 Å². The summed E-state index contributed by atoms with van der Waals surface area (Å²) in [5, 5.41) is 0. The fourth-order valence-corrected chi connectivity index (χ4v) is 1.58. The summed E-state index contributed by atoms with van der Waals surface area (Å²) in [6, 6.07) is 0. The van der Waals surface area contributed by atoms with Crippen molar-refractivity contribution in [2.75, 3.05) is 13.2 Å². The summed E-state index contributed by atoms with van der Waals surface area (Å²) in [6.45, 7) is 13.6. The van der Waals surface area contributed by atoms with Gasteiger partial charge in [-0.15, -0.1) is 0 Å². The van der Waals surface area contributed by atoms with Crippen LogP contribution in [0.3, 0.4) is 0 Å². The Morgan fingerprint density at radius 2 is 1.65 bits per heavy atom. The zero-order valence-electron chi connectivity index (χ0n) is 12.3. The molecule has 0 rings (SSSR count). The molecule has 0 radical (unpaired) electrons. The fraction of sp³-hybridized carbons (Fsp3) is 0.929. The molecule has 0 amide bonds. The molecule has 0 aliphatic heterocycles. The van der Waals surface area contributed by atoms with Crippen molar-refractivity contribution in [2.24, 2.45) is 22.5 Å². The molecule has 17 heavy (non-hydrogen) atoms. The maximum Gasteiger partial charge on any atom is 0.310 e. The average molecular weight is 243 g/mol. The molecule has 1 unspecified atom stereocenters. The zero-order chi connectivity index (χ0) is 13.7. The van der Waals surface area contributed by atoms with Crippen molar-refractivity contribution in [3.8, 4) is 0 Å². The minimum absolute atomic E-state index is 0.104. The molecule has 3 nitrogen and oxygen atoms in total. The van der Waals surface area contributed by atoms with Crippen LogP contribution >= 0.6 is 0 Å². The lowest BCUT2D eigenvalue weighted by atomic mass is 9.84. The van der Waals surface area contributed by atoms with E-state index >= 15 is 0 Å². The highest BCUT2D eigenvalue weighted by atomic mass is 16.5. The van der Waals surface area contributed by atoms with Gasteiger partial charge in [-0.25, -0.2) is 0 Å². The van der Waals surface area contributed by atoms with Crippen LogP contribution in [0.25, 0.3) is 0 Å². The summed E-state index contributed by atoms with van der Waals surface area (Å²) < 4.78 is 5.30. The van der Waals surface area contributed by atoms with E-state index < -0.39 is 0 Å². The molecule has 0 aromatic carbocycles. The van der Waals surface area contributed by atoms with E-state index in [1.807, 2.05) is 0 Å². The largest absolute Gasteiger partial charge is 0.465 e. The molecular weight excluding hydrogens is 214 g/mol. The van der Waals surface area contributed by atoms with Gasteiger partial charge in [0.2, 0.25) is 0 Å². The standard InChI is InChI=1S/C14H29NO2/c1-13(2,3)7-8-17-12(16)11(10-15)9-14(4,5)6/h11H,7-10,15H2,1-6H3. The number of esters is 1. The normalized spacial score (nSPS) is 14.5. The predicted octanol–water partition coefficient (Wildman–Crippen LogP) is 2.98. The fourth-order valence-electron chi connectivity index (χ4n) is 1.58. The Hall–Kier alpha value is -0.570. The number of carbonyl (C=O) groups is 1. The van der Waals surface area contributed by atoms with Crippen molar-refractivity contribution in [3.05, 3.63) is 0 Å². The smallest absolute Gasteiger partial charge is 0.310 e. The SMILES string of the molecule is CC(C)(C)CCOC(=O)C(CN)CC(C)(C)C. The third kappa shape index (κ3) is 9.16. The Morgan fingerprint density at radius 3 is 2.00 bits per heavy atom. The number of hydrogen-bond acceptors (Lipinski definition) is 3. The Morgan fingerprint density at radius 1 is 1.12 bits per heavy atom. The van der Waals surface area contributed by atoms with E-state index in [-0.39, 0.29) is 22.7 Å². The van der Waals surface area contributed by atoms with Crippen LogP contribution in [0, 0.1) is 16.7 Å². The lowest BCUT2D eigenvalue weighted by Crippen LogP contribution is -2.30. The topological polar surface area (TPSA) is 52.3 Å². The van der Waals surface area contributed by atoms with E-state index in [4.69, 9.17) is 10.5 Å². The zero-order valence-corrected chi connectivity index (χ0v) is 12.3. The van der Waals surface area contributed by atoms with Crippen LogP contribution in [0.5, 0.6) is 0 Å². The van der Waals surface area contributed by atoms with E-state index in [2.05, 4.69) is 41.5 Å². The van der Waals surface area contributed by atoms with Crippen molar-refractivity contribution < 1.29 is 9.53 Å². The van der Waals surface area contributed by atoms with Crippen LogP contribution in [-0.2, 0) is 9.53 Å². The van der Waals surface area contributed by atoms with Gasteiger partial charge in [0.1, 0.15) is 0 Å². The number of hydrogen-bond donors (Lipinski definition) is 1. The van der Waals surface area contributed by atoms with Gasteiger partial charge in [-0.05, 0) is 23.7 Å². The Labute approximate surface area is 106 Å². The molecule has 0 saturated carbocycles. The van der Waals surface area contributed by atoms with Gasteiger partial charge in [0, 0.05) is 6.54 Å². The number of rotatable bonds is 5. The second-order valence-electron chi connectivity index (χ2n) is 7.18. The van der Waals surface area contributed by atoms with Crippen LogP contribution < -0.4 is 5.73 Å². The maximum atomic E-state index is 11.8. The monoisotopic (exact) mass is 243 g/mol. The molecule has 0 heterocycles. The molecule has 0 bridgehead atoms. The Kier molecular flexibility index (Phi) is 6.17. The quantitative estimate of drug-likeness (QED) is 0.755. The first-order valence-electron chi connectivity index (χ1n) is 6.42. The van der Waals surface area contributed by atoms with Gasteiger partial charge < -0.3 is 10.5 Å². The number of ether oxygens (including phenoxy) is 1. The van der Waals surface area contributed by atoms with Crippen LogP contribution in [0.1, 0.15) is 54.4 Å². The van der Waals surface area contributed by atoms with Gasteiger partial charge >= 0.3 is 5.97 Å². The van der Waals surface area contributed by atoms with Crippen molar-refractivity contribution in [1.29, 1.82) is 0 Å². The molecule has 0 fully saturated rings. The highest BCUT2D eigenvalue weighted by Crippen LogP contribution is 2.25. The van der Waals surface area contributed by atoms with Crippen molar-refractivity contribution >= 4 is 5.97 Å². The van der Waals surface area contributed by atoms with E-state index in [1.165, 1.54) is 0 Å². The summed E-state index contributed by atoms with van der Waals surface area (Å²) in [5.74, 6) is -0.318. The Bertz CT molecular complexity index is 236. The lowest BCUT2D eigenvalue weighted by Gasteiger charge is -2.24. The van der Waals surface area contributed by atoms with Gasteiger partial charge in [-0.3, -0.25) is 4.79 Å². The second-order valence-corrected chi connectivity index (χ2v) is 7.18. The summed E-state index contributed by atoms with van der Waals surface area (Å²) in [7, 11) is 0. The first kappa shape index (κ1) is 16.4. The van der Waals surface area contributed by atoms with Gasteiger partial charge in [-0.2, -0.15) is 0 Å². The summed E-state index contributed by atoms with van der Waals surface area (Å²) in [6.07, 6.45) is 1.66. The van der Waals surface area contributed by atoms with Gasteiger partial charge in [0.05, 0.1) is 12.5 Å². The molecule has 1 atom stereocenters. The first-order chi connectivity index (χ1) is 7.55. The minimum Gasteiger partial charge on any atom is -0.465 e. The summed E-state index contributed by atoms with van der Waals surface area (Å²) >= 11 is 0. The molecule has 0 aliphatic rings. The van der Waals surface area contributed by atoms with Crippen LogP contribution in [-0.4, -0.2) is 19.1 Å². The Balaban J connectivity index is 4.10. The molecule has 0 aromatic rings. The third-order valence-corrected chi connectivity index (χ3v) is 2.57. The molecule has 102 valence electrons.